The number of aliphatic hydroxyl groups excluding tert-OH is 1. The van der Waals surface area contributed by atoms with E-state index >= 15 is 0 Å². The minimum atomic E-state index is -4.05. The minimum absolute atomic E-state index is 0.0924. The Morgan fingerprint density at radius 1 is 1.27 bits per heavy atom. The van der Waals surface area contributed by atoms with Crippen molar-refractivity contribution in [2.45, 2.75) is 19.6 Å². The third kappa shape index (κ3) is 6.06. The van der Waals surface area contributed by atoms with E-state index in [0.717, 1.165) is 0 Å². The van der Waals surface area contributed by atoms with Gasteiger partial charge in [-0.2, -0.15) is 0 Å². The number of aromatic nitrogens is 1. The molecule has 0 spiro atoms. The third-order valence-electron chi connectivity index (χ3n) is 3.42. The van der Waals surface area contributed by atoms with Gasteiger partial charge in [-0.05, 0) is 36.8 Å². The number of aliphatic hydroxyl groups is 1. The van der Waals surface area contributed by atoms with Crippen LogP contribution in [0.2, 0.25) is 5.02 Å². The van der Waals surface area contributed by atoms with Crippen molar-refractivity contribution in [3.63, 3.8) is 0 Å². The lowest BCUT2D eigenvalue weighted by Crippen LogP contribution is -2.34. The number of nitrogens with zero attached hydrogens (tertiary/aromatic N) is 1. The van der Waals surface area contributed by atoms with Crippen molar-refractivity contribution in [2.24, 2.45) is 0 Å². The maximum atomic E-state index is 12.1. The molecular formula is C17H19ClN2O5S. The van der Waals surface area contributed by atoms with Gasteiger partial charge in [0.1, 0.15) is 0 Å². The standard InChI is InChI=1S/C17H19ClN2O5S/c1-2-25-10-15-8-5-13(9-19-15)17(22)20-26(23,24)11-16(21)12-3-6-14(18)7-4-12/h3-9,16,21H,2,10-11H2,1H3,(H,20,22). The molecule has 1 atom stereocenters. The number of halogens is 1. The van der Waals surface area contributed by atoms with Gasteiger partial charge in [0, 0.05) is 17.8 Å². The number of carbonyl (C=O) groups is 1. The first-order valence-electron chi connectivity index (χ1n) is 7.81. The van der Waals surface area contributed by atoms with Gasteiger partial charge in [0.05, 0.1) is 29.7 Å². The molecule has 7 nitrogen and oxygen atoms in total. The van der Waals surface area contributed by atoms with E-state index in [1.165, 1.54) is 24.4 Å². The topological polar surface area (TPSA) is 106 Å². The van der Waals surface area contributed by atoms with Crippen LogP contribution in [0.1, 0.15) is 34.6 Å². The fourth-order valence-corrected chi connectivity index (χ4v) is 3.30. The average Bonchev–Trinajstić information content (AvgIpc) is 2.60. The van der Waals surface area contributed by atoms with Crippen LogP contribution in [0.5, 0.6) is 0 Å². The molecule has 2 aromatic rings. The summed E-state index contributed by atoms with van der Waals surface area (Å²) in [5.41, 5.74) is 1.10. The van der Waals surface area contributed by atoms with E-state index in [1.807, 2.05) is 11.6 Å². The Morgan fingerprint density at radius 2 is 1.96 bits per heavy atom. The van der Waals surface area contributed by atoms with E-state index in [-0.39, 0.29) is 5.56 Å². The molecule has 9 heteroatoms. The van der Waals surface area contributed by atoms with Crippen molar-refractivity contribution in [1.82, 2.24) is 9.71 Å². The largest absolute Gasteiger partial charge is 0.387 e. The number of amides is 1. The summed E-state index contributed by atoms with van der Waals surface area (Å²) in [5, 5.41) is 10.5. The van der Waals surface area contributed by atoms with E-state index in [2.05, 4.69) is 4.98 Å². The SMILES string of the molecule is CCOCc1ccc(C(=O)NS(=O)(=O)CC(O)c2ccc(Cl)cc2)cn1. The molecule has 1 aromatic carbocycles. The molecule has 2 N–H and O–H groups in total. The zero-order valence-electron chi connectivity index (χ0n) is 14.1. The van der Waals surface area contributed by atoms with Gasteiger partial charge >= 0.3 is 0 Å². The second-order valence-corrected chi connectivity index (χ2v) is 7.66. The molecule has 0 aliphatic rings. The predicted octanol–water partition coefficient (Wildman–Crippen LogP) is 2.06. The molecule has 0 bridgehead atoms. The molecule has 2 rings (SSSR count). The fourth-order valence-electron chi connectivity index (χ4n) is 2.08. The van der Waals surface area contributed by atoms with Crippen LogP contribution in [-0.2, 0) is 21.4 Å². The molecule has 26 heavy (non-hydrogen) atoms. The highest BCUT2D eigenvalue weighted by Crippen LogP contribution is 2.17. The van der Waals surface area contributed by atoms with Crippen molar-refractivity contribution in [2.75, 3.05) is 12.4 Å². The number of nitrogens with one attached hydrogen (secondary N) is 1. The number of sulfonamides is 1. The van der Waals surface area contributed by atoms with Gasteiger partial charge in [-0.1, -0.05) is 23.7 Å². The number of hydrogen-bond acceptors (Lipinski definition) is 6. The summed E-state index contributed by atoms with van der Waals surface area (Å²) in [4.78, 5) is 16.1. The molecule has 0 radical (unpaired) electrons. The maximum absolute atomic E-state index is 12.1. The van der Waals surface area contributed by atoms with Crippen LogP contribution in [0.3, 0.4) is 0 Å². The monoisotopic (exact) mass is 398 g/mol. The van der Waals surface area contributed by atoms with Crippen LogP contribution >= 0.6 is 11.6 Å². The average molecular weight is 399 g/mol. The highest BCUT2D eigenvalue weighted by atomic mass is 35.5. The third-order valence-corrected chi connectivity index (χ3v) is 4.92. The number of benzene rings is 1. The summed E-state index contributed by atoms with van der Waals surface area (Å²) in [7, 11) is -4.05. The van der Waals surface area contributed by atoms with Gasteiger partial charge in [0.25, 0.3) is 5.91 Å². The molecule has 0 fully saturated rings. The van der Waals surface area contributed by atoms with Gasteiger partial charge in [0.2, 0.25) is 10.0 Å². The number of hydrogen-bond donors (Lipinski definition) is 2. The molecule has 1 aromatic heterocycles. The lowest BCUT2D eigenvalue weighted by atomic mass is 10.1. The van der Waals surface area contributed by atoms with Crippen molar-refractivity contribution >= 4 is 27.5 Å². The summed E-state index contributed by atoms with van der Waals surface area (Å²) >= 11 is 5.75. The molecule has 1 heterocycles. The number of ether oxygens (including phenoxy) is 1. The van der Waals surface area contributed by atoms with Gasteiger partial charge in [-0.3, -0.25) is 9.78 Å². The van der Waals surface area contributed by atoms with Crippen LogP contribution < -0.4 is 4.72 Å². The Morgan fingerprint density at radius 3 is 2.54 bits per heavy atom. The van der Waals surface area contributed by atoms with E-state index in [1.54, 1.807) is 18.2 Å². The molecule has 1 amide bonds. The molecule has 0 aliphatic carbocycles. The van der Waals surface area contributed by atoms with Gasteiger partial charge in [0.15, 0.2) is 0 Å². The molecule has 140 valence electrons. The van der Waals surface area contributed by atoms with Crippen molar-refractivity contribution in [3.8, 4) is 0 Å². The van der Waals surface area contributed by atoms with Gasteiger partial charge in [-0.15, -0.1) is 0 Å². The molecular weight excluding hydrogens is 380 g/mol. The van der Waals surface area contributed by atoms with Crippen LogP contribution in [0.15, 0.2) is 42.6 Å². The lowest BCUT2D eigenvalue weighted by Gasteiger charge is -2.12. The van der Waals surface area contributed by atoms with Crippen LogP contribution in [-0.4, -0.2) is 36.8 Å². The normalized spacial score (nSPS) is 12.6. The lowest BCUT2D eigenvalue weighted by molar-refractivity contribution is 0.0980. The van der Waals surface area contributed by atoms with Gasteiger partial charge < -0.3 is 9.84 Å². The summed E-state index contributed by atoms with van der Waals surface area (Å²) in [6.07, 6.45) is -0.0151. The fraction of sp³-hybridized carbons (Fsp3) is 0.294. The Balaban J connectivity index is 1.99. The Bertz CT molecular complexity index is 838. The second kappa shape index (κ2) is 9.09. The van der Waals surface area contributed by atoms with Crippen molar-refractivity contribution < 1.29 is 23.1 Å². The van der Waals surface area contributed by atoms with Crippen LogP contribution in [0.25, 0.3) is 0 Å². The molecule has 0 saturated heterocycles. The van der Waals surface area contributed by atoms with E-state index in [9.17, 15) is 18.3 Å². The Kier molecular flexibility index (Phi) is 7.10. The van der Waals surface area contributed by atoms with E-state index < -0.39 is 27.8 Å². The first-order chi connectivity index (χ1) is 12.3. The highest BCUT2D eigenvalue weighted by molar-refractivity contribution is 7.90. The van der Waals surface area contributed by atoms with Gasteiger partial charge in [-0.25, -0.2) is 13.1 Å². The Hall–Kier alpha value is -2.00. The predicted molar refractivity (Wildman–Crippen MR) is 97.2 cm³/mol. The van der Waals surface area contributed by atoms with Crippen molar-refractivity contribution in [1.29, 1.82) is 0 Å². The number of pyridine rings is 1. The van der Waals surface area contributed by atoms with Crippen LogP contribution in [0.4, 0.5) is 0 Å². The summed E-state index contributed by atoms with van der Waals surface area (Å²) < 4.78 is 31.4. The number of rotatable bonds is 8. The van der Waals surface area contributed by atoms with Crippen LogP contribution in [0, 0.1) is 0 Å². The van der Waals surface area contributed by atoms with E-state index in [0.29, 0.717) is 29.5 Å². The highest BCUT2D eigenvalue weighted by Gasteiger charge is 2.22. The summed E-state index contributed by atoms with van der Waals surface area (Å²) in [6.45, 7) is 2.70. The zero-order chi connectivity index (χ0) is 19.2. The molecule has 0 saturated carbocycles. The minimum Gasteiger partial charge on any atom is -0.387 e. The summed E-state index contributed by atoms with van der Waals surface area (Å²) in [5.74, 6) is -1.47. The zero-order valence-corrected chi connectivity index (χ0v) is 15.6. The maximum Gasteiger partial charge on any atom is 0.266 e. The first-order valence-corrected chi connectivity index (χ1v) is 9.85. The summed E-state index contributed by atoms with van der Waals surface area (Å²) in [6, 6.07) is 9.17. The second-order valence-electron chi connectivity index (χ2n) is 5.46. The quantitative estimate of drug-likeness (QED) is 0.705. The van der Waals surface area contributed by atoms with E-state index in [4.69, 9.17) is 16.3 Å². The Labute approximate surface area is 157 Å². The van der Waals surface area contributed by atoms with Crippen molar-refractivity contribution in [3.05, 3.63) is 64.4 Å². The number of carbonyl (C=O) groups excluding carboxylic acids is 1. The molecule has 1 unspecified atom stereocenters. The smallest absolute Gasteiger partial charge is 0.266 e. The first kappa shape index (κ1) is 20.3. The molecule has 0 aliphatic heterocycles.